The average molecular weight is 728 g/mol. The minimum absolute atomic E-state index is 0.133. The largest absolute Gasteiger partial charge is 0.460 e. The summed E-state index contributed by atoms with van der Waals surface area (Å²) in [5, 5.41) is 0. The molecule has 2 aliphatic heterocycles. The smallest absolute Gasteiger partial charge is 0.429 e. The van der Waals surface area contributed by atoms with Crippen LogP contribution in [0.1, 0.15) is 5.56 Å². The van der Waals surface area contributed by atoms with Crippen molar-refractivity contribution in [2.24, 2.45) is 0 Å². The fourth-order valence-electron chi connectivity index (χ4n) is 3.79. The number of carbonyl (C=O) groups is 4. The third-order valence-electron chi connectivity index (χ3n) is 6.41. The van der Waals surface area contributed by atoms with Gasteiger partial charge in [-0.25, -0.2) is 9.80 Å². The first-order chi connectivity index (χ1) is 21.4. The van der Waals surface area contributed by atoms with Gasteiger partial charge in [0, 0.05) is 35.9 Å². The molecule has 24 heteroatoms. The minimum atomic E-state index is -8.78. The Bertz CT molecular complexity index is 1640. The first-order valence-corrected chi connectivity index (χ1v) is 11.8. The Balaban J connectivity index is 2.16. The number of benzene rings is 1. The van der Waals surface area contributed by atoms with Crippen molar-refractivity contribution in [1.82, 2.24) is 0 Å². The standard InChI is InChI=1S/C24H9F17N2O5/c1-8-10(43-14(46)4-5-15(43)47)6-9(42-12(44)2-3-13(42)45)7-11(8)48-17(26)16(25)18(27,28)19(29,30)20(31,32)21(33,34)22(35,36)23(37,38)24(39,40)41/h2-7H,1H3. The maximum atomic E-state index is 14.6. The molecule has 1 aromatic rings. The molecule has 0 saturated carbocycles. The van der Waals surface area contributed by atoms with Crippen molar-refractivity contribution in [3.8, 4) is 5.75 Å². The maximum Gasteiger partial charge on any atom is 0.460 e. The molecule has 3 rings (SSSR count). The number of imide groups is 2. The van der Waals surface area contributed by atoms with Gasteiger partial charge in [-0.05, 0) is 13.0 Å². The van der Waals surface area contributed by atoms with Gasteiger partial charge in [-0.1, -0.05) is 0 Å². The van der Waals surface area contributed by atoms with Crippen LogP contribution in [-0.4, -0.2) is 65.3 Å². The predicted octanol–water partition coefficient (Wildman–Crippen LogP) is 6.71. The molecule has 0 N–H and O–H groups in total. The second-order valence-corrected chi connectivity index (χ2v) is 9.41. The van der Waals surface area contributed by atoms with Crippen LogP contribution in [0.15, 0.2) is 48.3 Å². The lowest BCUT2D eigenvalue weighted by Gasteiger charge is -2.41. The van der Waals surface area contributed by atoms with Crippen molar-refractivity contribution in [1.29, 1.82) is 0 Å². The highest BCUT2D eigenvalue weighted by Gasteiger charge is 2.94. The van der Waals surface area contributed by atoms with Crippen LogP contribution in [0.3, 0.4) is 0 Å². The van der Waals surface area contributed by atoms with E-state index in [9.17, 15) is 93.8 Å². The Morgan fingerprint density at radius 3 is 1.35 bits per heavy atom. The lowest BCUT2D eigenvalue weighted by Crippen LogP contribution is -2.72. The van der Waals surface area contributed by atoms with Gasteiger partial charge in [0.05, 0.1) is 11.4 Å². The van der Waals surface area contributed by atoms with Crippen LogP contribution in [0.25, 0.3) is 0 Å². The zero-order valence-corrected chi connectivity index (χ0v) is 22.3. The number of nitrogens with zero attached hydrogens (tertiary/aromatic N) is 2. The summed E-state index contributed by atoms with van der Waals surface area (Å²) in [6, 6.07) is -2.97. The Labute approximate surface area is 252 Å². The van der Waals surface area contributed by atoms with Crippen LogP contribution in [0.4, 0.5) is 86.0 Å². The van der Waals surface area contributed by atoms with Crippen LogP contribution in [-0.2, 0) is 19.2 Å². The lowest BCUT2D eigenvalue weighted by atomic mass is 9.91. The second-order valence-electron chi connectivity index (χ2n) is 9.41. The number of carbonyl (C=O) groups excluding carboxylic acids is 4. The van der Waals surface area contributed by atoms with E-state index < -0.39 is 99.9 Å². The molecule has 0 saturated heterocycles. The lowest BCUT2D eigenvalue weighted by molar-refractivity contribution is -0.451. The van der Waals surface area contributed by atoms with E-state index in [1.54, 1.807) is 0 Å². The van der Waals surface area contributed by atoms with Gasteiger partial charge in [0.25, 0.3) is 23.6 Å². The summed E-state index contributed by atoms with van der Waals surface area (Å²) in [6.07, 6.45) is -5.53. The fourth-order valence-corrected chi connectivity index (χ4v) is 3.79. The fraction of sp³-hybridized carbons (Fsp3) is 0.333. The van der Waals surface area contributed by atoms with E-state index in [-0.39, 0.29) is 15.9 Å². The van der Waals surface area contributed by atoms with Gasteiger partial charge >= 0.3 is 47.7 Å². The van der Waals surface area contributed by atoms with Crippen molar-refractivity contribution in [2.75, 3.05) is 9.80 Å². The zero-order chi connectivity index (χ0) is 37.4. The number of halogens is 17. The summed E-state index contributed by atoms with van der Waals surface area (Å²) < 4.78 is 234. The molecule has 0 bridgehead atoms. The van der Waals surface area contributed by atoms with Crippen molar-refractivity contribution in [2.45, 2.75) is 48.6 Å². The number of alkyl halides is 15. The van der Waals surface area contributed by atoms with Crippen molar-refractivity contribution in [3.05, 3.63) is 53.8 Å². The zero-order valence-electron chi connectivity index (χ0n) is 22.3. The number of anilines is 2. The molecule has 2 aliphatic rings. The highest BCUT2D eigenvalue weighted by Crippen LogP contribution is 2.63. The van der Waals surface area contributed by atoms with E-state index in [0.29, 0.717) is 37.3 Å². The second kappa shape index (κ2) is 11.2. The number of hydrogen-bond donors (Lipinski definition) is 0. The van der Waals surface area contributed by atoms with Gasteiger partial charge in [-0.3, -0.25) is 19.2 Å². The molecular weight excluding hydrogens is 719 g/mol. The Kier molecular flexibility index (Phi) is 8.82. The molecule has 48 heavy (non-hydrogen) atoms. The van der Waals surface area contributed by atoms with E-state index in [0.717, 1.165) is 0 Å². The molecule has 0 fully saturated rings. The number of rotatable bonds is 10. The molecule has 0 aromatic heterocycles. The van der Waals surface area contributed by atoms with E-state index in [1.807, 2.05) is 0 Å². The van der Waals surface area contributed by atoms with Crippen molar-refractivity contribution >= 4 is 35.0 Å². The summed E-state index contributed by atoms with van der Waals surface area (Å²) in [7, 11) is 0. The van der Waals surface area contributed by atoms with Gasteiger partial charge < -0.3 is 4.74 Å². The summed E-state index contributed by atoms with van der Waals surface area (Å²) in [4.78, 5) is 48.7. The topological polar surface area (TPSA) is 84.0 Å². The minimum Gasteiger partial charge on any atom is -0.429 e. The van der Waals surface area contributed by atoms with Crippen LogP contribution < -0.4 is 14.5 Å². The van der Waals surface area contributed by atoms with Gasteiger partial charge in [0.15, 0.2) is 0 Å². The Morgan fingerprint density at radius 2 is 0.938 bits per heavy atom. The third kappa shape index (κ3) is 5.23. The van der Waals surface area contributed by atoms with Gasteiger partial charge in [0.2, 0.25) is 5.83 Å². The predicted molar refractivity (Wildman–Crippen MR) is 120 cm³/mol. The van der Waals surface area contributed by atoms with Crippen LogP contribution in [0, 0.1) is 6.92 Å². The molecule has 0 unspecified atom stereocenters. The highest BCUT2D eigenvalue weighted by atomic mass is 19.4. The van der Waals surface area contributed by atoms with E-state index >= 15 is 0 Å². The maximum absolute atomic E-state index is 14.6. The average Bonchev–Trinajstić information content (AvgIpc) is 3.46. The first-order valence-electron chi connectivity index (χ1n) is 11.8. The molecular formula is C24H9F17N2O5. The normalized spacial score (nSPS) is 17.6. The molecule has 4 amide bonds. The summed E-state index contributed by atoms with van der Waals surface area (Å²) >= 11 is 0. The van der Waals surface area contributed by atoms with Gasteiger partial charge in [0.1, 0.15) is 5.75 Å². The first kappa shape index (κ1) is 37.8. The van der Waals surface area contributed by atoms with Gasteiger partial charge in [-0.15, -0.1) is 0 Å². The Hall–Kier alpha value is -4.67. The number of hydrogen-bond acceptors (Lipinski definition) is 5. The van der Waals surface area contributed by atoms with Gasteiger partial charge in [-0.2, -0.15) is 74.6 Å². The monoisotopic (exact) mass is 728 g/mol. The molecule has 0 aliphatic carbocycles. The summed E-state index contributed by atoms with van der Waals surface area (Å²) in [5.74, 6) is -61.9. The number of allylic oxidation sites excluding steroid dienone is 1. The molecule has 264 valence electrons. The van der Waals surface area contributed by atoms with Crippen molar-refractivity contribution < 1.29 is 98.6 Å². The van der Waals surface area contributed by atoms with E-state index in [2.05, 4.69) is 4.74 Å². The number of ether oxygens (including phenoxy) is 1. The molecule has 0 radical (unpaired) electrons. The Morgan fingerprint density at radius 1 is 0.562 bits per heavy atom. The molecule has 0 spiro atoms. The quantitative estimate of drug-likeness (QED) is 0.152. The van der Waals surface area contributed by atoms with Crippen LogP contribution >= 0.6 is 0 Å². The van der Waals surface area contributed by atoms with E-state index in [4.69, 9.17) is 0 Å². The van der Waals surface area contributed by atoms with Crippen LogP contribution in [0.5, 0.6) is 5.75 Å². The molecule has 1 aromatic carbocycles. The molecule has 0 atom stereocenters. The highest BCUT2D eigenvalue weighted by molar-refractivity contribution is 6.30. The molecule has 7 nitrogen and oxygen atoms in total. The summed E-state index contributed by atoms with van der Waals surface area (Å²) in [6.45, 7) is 0.675. The number of amides is 4. The van der Waals surface area contributed by atoms with Crippen LogP contribution in [0.2, 0.25) is 0 Å². The van der Waals surface area contributed by atoms with E-state index in [1.165, 1.54) is 0 Å². The molecule has 2 heterocycles. The van der Waals surface area contributed by atoms with Crippen molar-refractivity contribution in [3.63, 3.8) is 0 Å². The summed E-state index contributed by atoms with van der Waals surface area (Å²) in [5.41, 5.74) is -2.57. The SMILES string of the molecule is Cc1c(OC(F)=C(F)C(F)(F)C(F)(F)C(F)(F)C(F)(F)C(F)(F)C(F)(F)C(F)(F)F)cc(N2C(=O)C=CC2=O)cc1N1C(=O)C=CC1=O. The third-order valence-corrected chi connectivity index (χ3v) is 6.41.